The number of anilines is 1. The molecule has 1 fully saturated rings. The van der Waals surface area contributed by atoms with E-state index in [1.807, 2.05) is 12.2 Å². The second kappa shape index (κ2) is 7.04. The topological polar surface area (TPSA) is 58.2 Å². The van der Waals surface area contributed by atoms with Crippen molar-refractivity contribution in [3.63, 3.8) is 0 Å². The average molecular weight is 291 g/mol. The van der Waals surface area contributed by atoms with Crippen molar-refractivity contribution in [3.8, 4) is 0 Å². The van der Waals surface area contributed by atoms with E-state index < -0.39 is 11.6 Å². The summed E-state index contributed by atoms with van der Waals surface area (Å²) in [5, 5.41) is 4.58. The first-order valence-electron chi connectivity index (χ1n) is 5.58. The molecule has 0 bridgehead atoms. The van der Waals surface area contributed by atoms with Crippen LogP contribution in [0, 0.1) is 11.6 Å². The van der Waals surface area contributed by atoms with Crippen molar-refractivity contribution >= 4 is 29.6 Å². The minimum Gasteiger partial charge on any atom is -0.354 e. The Balaban J connectivity index is 0.000000218. The first kappa shape index (κ1) is 15.4. The molecule has 2 amide bonds. The summed E-state index contributed by atoms with van der Waals surface area (Å²) in [6, 6.07) is 2.03. The minimum atomic E-state index is -0.857. The second-order valence-electron chi connectivity index (χ2n) is 4.02. The molecular formula is C12H13ClF2N2O2. The van der Waals surface area contributed by atoms with Crippen LogP contribution in [0.4, 0.5) is 14.5 Å². The van der Waals surface area contributed by atoms with Crippen molar-refractivity contribution < 1.29 is 18.4 Å². The fourth-order valence-corrected chi connectivity index (χ4v) is 1.63. The second-order valence-corrected chi connectivity index (χ2v) is 4.42. The van der Waals surface area contributed by atoms with Crippen LogP contribution in [-0.4, -0.2) is 18.4 Å². The van der Waals surface area contributed by atoms with E-state index in [0.29, 0.717) is 12.1 Å². The van der Waals surface area contributed by atoms with Gasteiger partial charge in [0, 0.05) is 18.5 Å². The van der Waals surface area contributed by atoms with Gasteiger partial charge in [-0.1, -0.05) is 11.6 Å². The molecule has 19 heavy (non-hydrogen) atoms. The zero-order chi connectivity index (χ0) is 14.4. The standard InChI is InChI=1S/C7H4ClF2NO.C5H9NO/c8-4-1-7(11-3-12)6(10)2-5(4)9;1-4-2-3-5(7)6-4/h1-3H,(H,11,12);4H,2-3H2,1H3,(H,6,7). The highest BCUT2D eigenvalue weighted by atomic mass is 35.5. The molecule has 0 spiro atoms. The summed E-state index contributed by atoms with van der Waals surface area (Å²) in [5.74, 6) is -1.51. The Morgan fingerprint density at radius 3 is 2.53 bits per heavy atom. The zero-order valence-electron chi connectivity index (χ0n) is 10.2. The molecule has 1 atom stereocenters. The van der Waals surface area contributed by atoms with Crippen molar-refractivity contribution in [1.82, 2.24) is 5.32 Å². The lowest BCUT2D eigenvalue weighted by Gasteiger charge is -2.01. The molecule has 7 heteroatoms. The first-order valence-corrected chi connectivity index (χ1v) is 5.96. The van der Waals surface area contributed by atoms with Crippen LogP contribution in [0.5, 0.6) is 0 Å². The molecule has 0 aromatic heterocycles. The van der Waals surface area contributed by atoms with E-state index in [9.17, 15) is 18.4 Å². The van der Waals surface area contributed by atoms with Crippen LogP contribution in [0.1, 0.15) is 19.8 Å². The van der Waals surface area contributed by atoms with Gasteiger partial charge in [-0.15, -0.1) is 0 Å². The van der Waals surface area contributed by atoms with E-state index in [4.69, 9.17) is 11.6 Å². The first-order chi connectivity index (χ1) is 8.93. The van der Waals surface area contributed by atoms with E-state index in [-0.39, 0.29) is 23.0 Å². The smallest absolute Gasteiger partial charge is 0.220 e. The predicted molar refractivity (Wildman–Crippen MR) is 67.9 cm³/mol. The number of hydrogen-bond acceptors (Lipinski definition) is 2. The molecule has 1 aliphatic heterocycles. The summed E-state index contributed by atoms with van der Waals surface area (Å²) in [5.41, 5.74) is -0.142. The summed E-state index contributed by atoms with van der Waals surface area (Å²) in [6.45, 7) is 2.02. The molecule has 0 radical (unpaired) electrons. The van der Waals surface area contributed by atoms with Gasteiger partial charge in [0.1, 0.15) is 11.6 Å². The third-order valence-electron chi connectivity index (χ3n) is 2.44. The highest BCUT2D eigenvalue weighted by Gasteiger charge is 2.14. The molecule has 1 aromatic rings. The molecule has 1 aliphatic rings. The largest absolute Gasteiger partial charge is 0.354 e. The minimum absolute atomic E-state index is 0.142. The molecule has 1 heterocycles. The van der Waals surface area contributed by atoms with E-state index in [1.54, 1.807) is 0 Å². The summed E-state index contributed by atoms with van der Waals surface area (Å²) in [6.07, 6.45) is 2.02. The Morgan fingerprint density at radius 1 is 1.42 bits per heavy atom. The van der Waals surface area contributed by atoms with Crippen LogP contribution in [-0.2, 0) is 9.59 Å². The molecule has 1 aromatic carbocycles. The van der Waals surface area contributed by atoms with Crippen LogP contribution in [0.3, 0.4) is 0 Å². The number of hydrogen-bond donors (Lipinski definition) is 2. The van der Waals surface area contributed by atoms with Crippen molar-refractivity contribution in [3.05, 3.63) is 28.8 Å². The van der Waals surface area contributed by atoms with Crippen LogP contribution >= 0.6 is 11.6 Å². The highest BCUT2D eigenvalue weighted by Crippen LogP contribution is 2.22. The van der Waals surface area contributed by atoms with E-state index >= 15 is 0 Å². The van der Waals surface area contributed by atoms with Gasteiger partial charge in [-0.05, 0) is 19.4 Å². The monoisotopic (exact) mass is 290 g/mol. The van der Waals surface area contributed by atoms with Crippen molar-refractivity contribution in [1.29, 1.82) is 0 Å². The Morgan fingerprint density at radius 2 is 2.11 bits per heavy atom. The quantitative estimate of drug-likeness (QED) is 0.649. The third-order valence-corrected chi connectivity index (χ3v) is 2.73. The fraction of sp³-hybridized carbons (Fsp3) is 0.333. The number of carbonyl (C=O) groups excluding carboxylic acids is 2. The van der Waals surface area contributed by atoms with Crippen molar-refractivity contribution in [2.45, 2.75) is 25.8 Å². The van der Waals surface area contributed by atoms with Gasteiger partial charge in [-0.2, -0.15) is 0 Å². The van der Waals surface area contributed by atoms with Crippen molar-refractivity contribution in [2.24, 2.45) is 0 Å². The van der Waals surface area contributed by atoms with Gasteiger partial charge in [-0.3, -0.25) is 9.59 Å². The van der Waals surface area contributed by atoms with E-state index in [1.165, 1.54) is 0 Å². The van der Waals surface area contributed by atoms with Crippen molar-refractivity contribution in [2.75, 3.05) is 5.32 Å². The lowest BCUT2D eigenvalue weighted by atomic mass is 10.3. The number of benzene rings is 1. The number of carbonyl (C=O) groups is 2. The van der Waals surface area contributed by atoms with Gasteiger partial charge < -0.3 is 10.6 Å². The number of amides is 2. The maximum absolute atomic E-state index is 12.7. The number of halogens is 3. The zero-order valence-corrected chi connectivity index (χ0v) is 10.9. The molecule has 0 aliphatic carbocycles. The SMILES string of the molecule is CC1CCC(=O)N1.O=CNc1cc(Cl)c(F)cc1F. The van der Waals surface area contributed by atoms with E-state index in [0.717, 1.165) is 18.9 Å². The van der Waals surface area contributed by atoms with Gasteiger partial charge >= 0.3 is 0 Å². The van der Waals surface area contributed by atoms with Crippen LogP contribution in [0.2, 0.25) is 5.02 Å². The molecule has 2 N–H and O–H groups in total. The van der Waals surface area contributed by atoms with Gasteiger partial charge in [0.25, 0.3) is 0 Å². The number of nitrogens with one attached hydrogen (secondary N) is 2. The molecule has 1 unspecified atom stereocenters. The summed E-state index contributed by atoms with van der Waals surface area (Å²) < 4.78 is 25.2. The predicted octanol–water partition coefficient (Wildman–Crippen LogP) is 2.47. The molecular weight excluding hydrogens is 278 g/mol. The summed E-state index contributed by atoms with van der Waals surface area (Å²) in [4.78, 5) is 20.3. The fourth-order valence-electron chi connectivity index (χ4n) is 1.46. The van der Waals surface area contributed by atoms with Crippen LogP contribution < -0.4 is 10.6 Å². The van der Waals surface area contributed by atoms with Gasteiger partial charge in [0.2, 0.25) is 12.3 Å². The molecule has 104 valence electrons. The lowest BCUT2D eigenvalue weighted by molar-refractivity contribution is -0.119. The highest BCUT2D eigenvalue weighted by molar-refractivity contribution is 6.31. The summed E-state index contributed by atoms with van der Waals surface area (Å²) >= 11 is 5.32. The average Bonchev–Trinajstić information content (AvgIpc) is 2.71. The maximum atomic E-state index is 12.7. The maximum Gasteiger partial charge on any atom is 0.220 e. The normalized spacial score (nSPS) is 17.3. The molecule has 0 saturated carbocycles. The van der Waals surface area contributed by atoms with Gasteiger partial charge in [0.05, 0.1) is 10.7 Å². The summed E-state index contributed by atoms with van der Waals surface area (Å²) in [7, 11) is 0. The van der Waals surface area contributed by atoms with Crippen LogP contribution in [0.25, 0.3) is 0 Å². The number of rotatable bonds is 2. The van der Waals surface area contributed by atoms with Gasteiger partial charge in [0.15, 0.2) is 0 Å². The lowest BCUT2D eigenvalue weighted by Crippen LogP contribution is -2.21. The van der Waals surface area contributed by atoms with E-state index in [2.05, 4.69) is 5.32 Å². The molecule has 1 saturated heterocycles. The Kier molecular flexibility index (Phi) is 5.69. The Bertz CT molecular complexity index is 483. The van der Waals surface area contributed by atoms with Gasteiger partial charge in [-0.25, -0.2) is 8.78 Å². The Hall–Kier alpha value is -1.69. The molecule has 4 nitrogen and oxygen atoms in total. The third kappa shape index (κ3) is 4.82. The van der Waals surface area contributed by atoms with Crippen LogP contribution in [0.15, 0.2) is 12.1 Å². The Labute approximate surface area is 114 Å². The molecule has 2 rings (SSSR count).